The number of carbonyl (C=O) groups is 3. The van der Waals surface area contributed by atoms with Crippen molar-refractivity contribution in [2.45, 2.75) is 6.18 Å². The number of amides is 2. The molecule has 3 heterocycles. The summed E-state index contributed by atoms with van der Waals surface area (Å²) >= 11 is 7.36. The summed E-state index contributed by atoms with van der Waals surface area (Å²) < 4.78 is 32.4. The van der Waals surface area contributed by atoms with Crippen LogP contribution in [0.1, 0.15) is 20.7 Å². The Balaban J connectivity index is 0.000000454. The van der Waals surface area contributed by atoms with Crippen LogP contribution in [0.15, 0.2) is 42.6 Å². The number of rotatable bonds is 4. The average molecular weight is 544 g/mol. The summed E-state index contributed by atoms with van der Waals surface area (Å²) in [5, 5.41) is 16.8. The molecule has 0 unspecified atom stereocenters. The molecule has 1 aromatic carbocycles. The SMILES string of the molecule is CN1CCN(C(=O)c2ccc(NC(=O)c3cn[nH]c3-c3ccc(Cl)s3)cc2)CC1.O=C(O)C(F)(F)F. The maximum absolute atomic E-state index is 12.7. The molecule has 0 bridgehead atoms. The van der Waals surface area contributed by atoms with E-state index in [2.05, 4.69) is 27.5 Å². The Morgan fingerprint density at radius 2 is 1.69 bits per heavy atom. The van der Waals surface area contributed by atoms with Gasteiger partial charge in [-0.25, -0.2) is 4.79 Å². The van der Waals surface area contributed by atoms with Crippen molar-refractivity contribution in [1.29, 1.82) is 0 Å². The summed E-state index contributed by atoms with van der Waals surface area (Å²) in [7, 11) is 2.05. The third-order valence-corrected chi connectivity index (χ3v) is 6.37. The lowest BCUT2D eigenvalue weighted by atomic mass is 10.1. The molecule has 9 nitrogen and oxygen atoms in total. The monoisotopic (exact) mass is 543 g/mol. The molecular weight excluding hydrogens is 523 g/mol. The molecule has 3 aromatic rings. The number of aromatic nitrogens is 2. The molecule has 1 saturated heterocycles. The van der Waals surface area contributed by atoms with Crippen molar-refractivity contribution in [1.82, 2.24) is 20.0 Å². The second-order valence-electron chi connectivity index (χ2n) is 7.69. The lowest BCUT2D eigenvalue weighted by Crippen LogP contribution is -2.47. The van der Waals surface area contributed by atoms with Gasteiger partial charge in [-0.2, -0.15) is 18.3 Å². The van der Waals surface area contributed by atoms with Crippen LogP contribution in [0.5, 0.6) is 0 Å². The van der Waals surface area contributed by atoms with E-state index < -0.39 is 12.1 Å². The smallest absolute Gasteiger partial charge is 0.475 e. The van der Waals surface area contributed by atoms with Crippen molar-refractivity contribution in [3.63, 3.8) is 0 Å². The molecule has 1 fully saturated rings. The summed E-state index contributed by atoms with van der Waals surface area (Å²) in [6.45, 7) is 3.21. The minimum atomic E-state index is -5.08. The number of anilines is 1. The number of carbonyl (C=O) groups excluding carboxylic acids is 2. The van der Waals surface area contributed by atoms with Crippen LogP contribution in [0.4, 0.5) is 18.9 Å². The highest BCUT2D eigenvalue weighted by Gasteiger charge is 2.38. The average Bonchev–Trinajstić information content (AvgIpc) is 3.48. The van der Waals surface area contributed by atoms with Crippen LogP contribution in [-0.2, 0) is 4.79 Å². The molecular formula is C22H21ClF3N5O4S. The third-order valence-electron chi connectivity index (χ3n) is 5.13. The van der Waals surface area contributed by atoms with E-state index in [9.17, 15) is 22.8 Å². The van der Waals surface area contributed by atoms with E-state index in [4.69, 9.17) is 21.5 Å². The normalized spacial score (nSPS) is 14.1. The van der Waals surface area contributed by atoms with E-state index in [1.165, 1.54) is 17.5 Å². The summed E-state index contributed by atoms with van der Waals surface area (Å²) in [6.07, 6.45) is -3.59. The highest BCUT2D eigenvalue weighted by Crippen LogP contribution is 2.32. The minimum absolute atomic E-state index is 0.0164. The first-order valence-electron chi connectivity index (χ1n) is 10.4. The number of piperazine rings is 1. The van der Waals surface area contributed by atoms with Gasteiger partial charge < -0.3 is 20.2 Å². The lowest BCUT2D eigenvalue weighted by molar-refractivity contribution is -0.192. The quantitative estimate of drug-likeness (QED) is 0.456. The molecule has 2 amide bonds. The highest BCUT2D eigenvalue weighted by atomic mass is 35.5. The number of aromatic amines is 1. The van der Waals surface area contributed by atoms with E-state index in [1.54, 1.807) is 30.3 Å². The number of carboxylic acid groups (broad SMARTS) is 1. The van der Waals surface area contributed by atoms with Crippen molar-refractivity contribution in [3.05, 3.63) is 58.1 Å². The van der Waals surface area contributed by atoms with Gasteiger partial charge in [0.05, 0.1) is 26.7 Å². The maximum Gasteiger partial charge on any atom is 0.490 e. The third kappa shape index (κ3) is 7.06. The van der Waals surface area contributed by atoms with Crippen LogP contribution < -0.4 is 5.32 Å². The van der Waals surface area contributed by atoms with Crippen molar-refractivity contribution in [2.24, 2.45) is 0 Å². The number of H-pyrrole nitrogens is 1. The van der Waals surface area contributed by atoms with Gasteiger partial charge in [0.15, 0.2) is 0 Å². The first-order valence-corrected chi connectivity index (χ1v) is 11.6. The molecule has 36 heavy (non-hydrogen) atoms. The van der Waals surface area contributed by atoms with Crippen molar-refractivity contribution >= 4 is 46.4 Å². The van der Waals surface area contributed by atoms with Crippen LogP contribution in [-0.4, -0.2) is 82.3 Å². The molecule has 0 atom stereocenters. The molecule has 0 radical (unpaired) electrons. The van der Waals surface area contributed by atoms with Gasteiger partial charge in [0, 0.05) is 37.4 Å². The standard InChI is InChI=1S/C20H20ClN5O2S.C2HF3O2/c1-25-8-10-26(11-9-25)20(28)13-2-4-14(5-3-13)23-19(27)15-12-22-24-18(15)16-6-7-17(21)29-16;3-2(4,5)1(6)7/h2-7,12H,8-11H2,1H3,(H,22,24)(H,23,27);(H,6,7). The van der Waals surface area contributed by atoms with E-state index >= 15 is 0 Å². The highest BCUT2D eigenvalue weighted by molar-refractivity contribution is 7.19. The second kappa shape index (κ2) is 11.5. The van der Waals surface area contributed by atoms with Crippen LogP contribution in [0.3, 0.4) is 0 Å². The summed E-state index contributed by atoms with van der Waals surface area (Å²) in [5.41, 5.74) is 2.29. The van der Waals surface area contributed by atoms with Crippen LogP contribution in [0, 0.1) is 0 Å². The van der Waals surface area contributed by atoms with E-state index in [-0.39, 0.29) is 11.8 Å². The van der Waals surface area contributed by atoms with E-state index in [0.717, 1.165) is 31.1 Å². The van der Waals surface area contributed by atoms with Gasteiger partial charge >= 0.3 is 12.1 Å². The number of hydrogen-bond acceptors (Lipinski definition) is 6. The Hall–Kier alpha value is -3.42. The van der Waals surface area contributed by atoms with Crippen molar-refractivity contribution in [3.8, 4) is 10.6 Å². The largest absolute Gasteiger partial charge is 0.490 e. The number of carboxylic acids is 1. The molecule has 0 spiro atoms. The summed E-state index contributed by atoms with van der Waals surface area (Å²) in [5.74, 6) is -3.02. The number of likely N-dealkylation sites (N-methyl/N-ethyl adjacent to an activating group) is 1. The molecule has 14 heteroatoms. The summed E-state index contributed by atoms with van der Waals surface area (Å²) in [4.78, 5) is 39.1. The maximum atomic E-state index is 12.7. The number of halogens is 4. The molecule has 3 N–H and O–H groups in total. The number of thiophene rings is 1. The topological polar surface area (TPSA) is 119 Å². The van der Waals surface area contributed by atoms with Gasteiger partial charge in [-0.1, -0.05) is 11.6 Å². The number of aliphatic carboxylic acids is 1. The van der Waals surface area contributed by atoms with Gasteiger partial charge in [0.1, 0.15) is 0 Å². The van der Waals surface area contributed by atoms with Gasteiger partial charge in [-0.3, -0.25) is 14.7 Å². The number of nitrogens with zero attached hydrogens (tertiary/aromatic N) is 3. The first-order chi connectivity index (χ1) is 17.0. The zero-order chi connectivity index (χ0) is 26.5. The summed E-state index contributed by atoms with van der Waals surface area (Å²) in [6, 6.07) is 10.6. The fraction of sp³-hybridized carbons (Fsp3) is 0.273. The Morgan fingerprint density at radius 3 is 2.22 bits per heavy atom. The van der Waals surface area contributed by atoms with Gasteiger partial charge in [-0.05, 0) is 43.4 Å². The molecule has 2 aromatic heterocycles. The molecule has 192 valence electrons. The number of alkyl halides is 3. The number of nitrogens with one attached hydrogen (secondary N) is 2. The van der Waals surface area contributed by atoms with Gasteiger partial charge in [0.2, 0.25) is 0 Å². The Bertz CT molecular complexity index is 1220. The predicted molar refractivity (Wildman–Crippen MR) is 128 cm³/mol. The zero-order valence-electron chi connectivity index (χ0n) is 18.8. The number of benzene rings is 1. The minimum Gasteiger partial charge on any atom is -0.475 e. The molecule has 4 rings (SSSR count). The second-order valence-corrected chi connectivity index (χ2v) is 9.41. The molecule has 0 aliphatic carbocycles. The Morgan fingerprint density at radius 1 is 1.08 bits per heavy atom. The van der Waals surface area contributed by atoms with Crippen LogP contribution in [0.25, 0.3) is 10.6 Å². The molecule has 1 aliphatic rings. The predicted octanol–water partition coefficient (Wildman–Crippen LogP) is 4.06. The zero-order valence-corrected chi connectivity index (χ0v) is 20.4. The Labute approximate surface area is 212 Å². The molecule has 0 saturated carbocycles. The van der Waals surface area contributed by atoms with Crippen molar-refractivity contribution < 1.29 is 32.7 Å². The lowest BCUT2D eigenvalue weighted by Gasteiger charge is -2.32. The first kappa shape index (κ1) is 27.2. The fourth-order valence-corrected chi connectivity index (χ4v) is 4.23. The van der Waals surface area contributed by atoms with Gasteiger partial charge in [0.25, 0.3) is 11.8 Å². The Kier molecular flexibility index (Phi) is 8.71. The van der Waals surface area contributed by atoms with E-state index in [0.29, 0.717) is 26.8 Å². The van der Waals surface area contributed by atoms with E-state index in [1.807, 2.05) is 11.0 Å². The van der Waals surface area contributed by atoms with Crippen LogP contribution in [0.2, 0.25) is 4.34 Å². The fourth-order valence-electron chi connectivity index (χ4n) is 3.18. The van der Waals surface area contributed by atoms with Crippen LogP contribution >= 0.6 is 22.9 Å². The molecule has 1 aliphatic heterocycles. The van der Waals surface area contributed by atoms with Crippen molar-refractivity contribution in [2.75, 3.05) is 38.5 Å². The van der Waals surface area contributed by atoms with Gasteiger partial charge in [-0.15, -0.1) is 11.3 Å². The number of hydrogen-bond donors (Lipinski definition) is 3.